The first-order valence-corrected chi connectivity index (χ1v) is 15.4. The molecule has 2 saturated heterocycles. The van der Waals surface area contributed by atoms with Crippen molar-refractivity contribution in [1.82, 2.24) is 30.0 Å². The Hall–Kier alpha value is -3.70. The van der Waals surface area contributed by atoms with Gasteiger partial charge in [-0.25, -0.2) is 8.78 Å². The van der Waals surface area contributed by atoms with Crippen LogP contribution in [0.3, 0.4) is 0 Å². The number of H-pyrrole nitrogens is 1. The predicted octanol–water partition coefficient (Wildman–Crippen LogP) is 3.93. The zero-order valence-electron chi connectivity index (χ0n) is 26.9. The maximum absolute atomic E-state index is 14.5. The Labute approximate surface area is 281 Å². The van der Waals surface area contributed by atoms with E-state index in [0.717, 1.165) is 5.56 Å². The number of likely N-dealkylation sites (tertiary alicyclic amines) is 1. The van der Waals surface area contributed by atoms with Gasteiger partial charge in [-0.2, -0.15) is 41.7 Å². The number of aromatic amines is 1. The van der Waals surface area contributed by atoms with Crippen LogP contribution in [-0.2, 0) is 28.7 Å². The molecule has 1 aromatic carbocycles. The molecule has 0 saturated carbocycles. The molecule has 6 rings (SSSR count). The average Bonchev–Trinajstić information content (AvgIpc) is 3.59. The van der Waals surface area contributed by atoms with Gasteiger partial charge in [0.2, 0.25) is 5.91 Å². The summed E-state index contributed by atoms with van der Waals surface area (Å²) < 4.78 is 82.4. The third-order valence-electron chi connectivity index (χ3n) is 9.00. The van der Waals surface area contributed by atoms with Gasteiger partial charge in [-0.15, -0.1) is 0 Å². The first-order valence-electron chi connectivity index (χ1n) is 15.4. The highest BCUT2D eigenvalue weighted by Gasteiger charge is 2.44. The van der Waals surface area contributed by atoms with Gasteiger partial charge in [0.05, 0.1) is 48.4 Å². The molecular weight excluding hydrogens is 659 g/mol. The smallest absolute Gasteiger partial charge is 0.418 e. The topological polar surface area (TPSA) is 103 Å². The molecule has 0 unspecified atom stereocenters. The molecule has 0 aliphatic carbocycles. The number of likely N-dealkylation sites (N-methyl/N-ethyl adjacent to an activating group) is 1. The first kappa shape index (κ1) is 35.6. The number of hydrogen-bond donors (Lipinski definition) is 1. The molecular formula is C31H39F5N8O3S. The minimum Gasteiger partial charge on any atom is -0.462 e. The van der Waals surface area contributed by atoms with Gasteiger partial charge in [0, 0.05) is 69.3 Å². The summed E-state index contributed by atoms with van der Waals surface area (Å²) in [6, 6.07) is 0.861. The average molecular weight is 699 g/mol. The summed E-state index contributed by atoms with van der Waals surface area (Å²) in [4.78, 5) is 28.9. The van der Waals surface area contributed by atoms with Gasteiger partial charge in [-0.3, -0.25) is 14.8 Å². The van der Waals surface area contributed by atoms with Gasteiger partial charge in [0.15, 0.2) is 0 Å². The standard InChI is InChI=1S/C31H37F5N8O3.H2S/c1-19-13-23-22(15-37-40-23)27(26(19)31(34,35)36)44-7-6-21-24(16-44)38-29(47-17-20-14-30(32,33)18-41(20)2)39-28(21)43-10-8-42(9-11-43)25(45)5-4-12-46-3;/h4-5,13,15,20H,6-12,14,16-18H2,1-3H3,(H,37,40);1H2/b5-4+;/t20-;/m0./s1. The van der Waals surface area contributed by atoms with Gasteiger partial charge in [-0.05, 0) is 32.0 Å². The van der Waals surface area contributed by atoms with E-state index in [4.69, 9.17) is 14.5 Å². The molecule has 1 atom stereocenters. The first-order chi connectivity index (χ1) is 22.3. The molecule has 48 heavy (non-hydrogen) atoms. The number of aryl methyl sites for hydroxylation is 1. The number of nitrogens with one attached hydrogen (secondary N) is 1. The molecule has 262 valence electrons. The molecule has 3 aliphatic rings. The number of piperazine rings is 1. The zero-order valence-corrected chi connectivity index (χ0v) is 27.9. The van der Waals surface area contributed by atoms with E-state index in [-0.39, 0.29) is 69.3 Å². The van der Waals surface area contributed by atoms with Crippen LogP contribution in [0.25, 0.3) is 10.9 Å². The van der Waals surface area contributed by atoms with E-state index in [1.54, 1.807) is 30.0 Å². The van der Waals surface area contributed by atoms with E-state index in [9.17, 15) is 26.7 Å². The number of rotatable bonds is 8. The summed E-state index contributed by atoms with van der Waals surface area (Å²) in [7, 11) is 3.15. The van der Waals surface area contributed by atoms with Crippen molar-refractivity contribution in [2.24, 2.45) is 0 Å². The van der Waals surface area contributed by atoms with Crippen molar-refractivity contribution in [2.75, 3.05) is 76.4 Å². The van der Waals surface area contributed by atoms with E-state index in [0.29, 0.717) is 61.6 Å². The maximum atomic E-state index is 14.5. The Kier molecular flexibility index (Phi) is 10.4. The summed E-state index contributed by atoms with van der Waals surface area (Å²) in [5.41, 5.74) is 1.13. The Morgan fingerprint density at radius 1 is 1.15 bits per heavy atom. The quantitative estimate of drug-likeness (QED) is 0.277. The number of halogens is 5. The number of fused-ring (bicyclic) bond motifs is 2. The number of hydrogen-bond acceptors (Lipinski definition) is 9. The lowest BCUT2D eigenvalue weighted by atomic mass is 9.98. The summed E-state index contributed by atoms with van der Waals surface area (Å²) in [6.07, 6.45) is -0.0921. The highest BCUT2D eigenvalue weighted by atomic mass is 32.1. The van der Waals surface area contributed by atoms with Gasteiger partial charge in [0.25, 0.3) is 5.92 Å². The Morgan fingerprint density at radius 2 is 1.90 bits per heavy atom. The van der Waals surface area contributed by atoms with Crippen LogP contribution in [0.2, 0.25) is 0 Å². The van der Waals surface area contributed by atoms with Crippen molar-refractivity contribution in [2.45, 2.75) is 44.5 Å². The number of methoxy groups -OCH3 is 1. The molecule has 0 bridgehead atoms. The minimum absolute atomic E-state index is 0. The fraction of sp³-hybridized carbons (Fsp3) is 0.548. The lowest BCUT2D eigenvalue weighted by molar-refractivity contribution is -0.137. The number of alkyl halides is 5. The van der Waals surface area contributed by atoms with Crippen molar-refractivity contribution in [3.05, 3.63) is 46.8 Å². The molecule has 3 aliphatic heterocycles. The van der Waals surface area contributed by atoms with Crippen molar-refractivity contribution in [1.29, 1.82) is 0 Å². The molecule has 0 spiro atoms. The predicted molar refractivity (Wildman–Crippen MR) is 174 cm³/mol. The second-order valence-corrected chi connectivity index (χ2v) is 12.3. The van der Waals surface area contributed by atoms with E-state index in [1.807, 2.05) is 4.90 Å². The molecule has 2 fully saturated rings. The normalized spacial score (nSPS) is 20.0. The van der Waals surface area contributed by atoms with E-state index >= 15 is 0 Å². The molecule has 17 heteroatoms. The third-order valence-corrected chi connectivity index (χ3v) is 9.00. The van der Waals surface area contributed by atoms with Crippen LogP contribution >= 0.6 is 13.5 Å². The zero-order chi connectivity index (χ0) is 33.5. The van der Waals surface area contributed by atoms with Crippen molar-refractivity contribution in [3.8, 4) is 6.01 Å². The minimum atomic E-state index is -4.61. The van der Waals surface area contributed by atoms with E-state index in [2.05, 4.69) is 15.2 Å². The van der Waals surface area contributed by atoms with Gasteiger partial charge in [-0.1, -0.05) is 6.08 Å². The lowest BCUT2D eigenvalue weighted by Gasteiger charge is -2.38. The molecule has 0 radical (unpaired) electrons. The van der Waals surface area contributed by atoms with Crippen molar-refractivity contribution >= 4 is 41.8 Å². The monoisotopic (exact) mass is 698 g/mol. The van der Waals surface area contributed by atoms with Crippen molar-refractivity contribution in [3.63, 3.8) is 0 Å². The fourth-order valence-corrected chi connectivity index (χ4v) is 6.70. The van der Waals surface area contributed by atoms with Gasteiger partial charge < -0.3 is 24.2 Å². The Morgan fingerprint density at radius 3 is 2.56 bits per heavy atom. The second kappa shape index (κ2) is 14.0. The summed E-state index contributed by atoms with van der Waals surface area (Å²) in [6.45, 7) is 3.38. The van der Waals surface area contributed by atoms with Crippen LogP contribution < -0.4 is 14.5 Å². The Bertz CT molecular complexity index is 1660. The number of aromatic nitrogens is 4. The summed E-state index contributed by atoms with van der Waals surface area (Å²) in [5, 5.41) is 7.14. The summed E-state index contributed by atoms with van der Waals surface area (Å²) >= 11 is 0. The Balaban J connectivity index is 0.00000451. The van der Waals surface area contributed by atoms with Gasteiger partial charge >= 0.3 is 12.2 Å². The lowest BCUT2D eigenvalue weighted by Crippen LogP contribution is -2.49. The SMILES string of the molecule is COC/C=C/C(=O)N1CCN(c2nc(OC[C@@H]3CC(F)(F)CN3C)nc3c2CCN(c2c(C(F)(F)F)c(C)cc4[nH]ncc24)C3)CC1.S. The highest BCUT2D eigenvalue weighted by Crippen LogP contribution is 2.44. The number of carbonyl (C=O) groups is 1. The van der Waals surface area contributed by atoms with Crippen molar-refractivity contribution < 1.29 is 36.2 Å². The van der Waals surface area contributed by atoms with Gasteiger partial charge in [0.1, 0.15) is 12.4 Å². The largest absolute Gasteiger partial charge is 0.462 e. The number of nitrogens with zero attached hydrogens (tertiary/aromatic N) is 7. The molecule has 11 nitrogen and oxygen atoms in total. The number of carbonyl (C=O) groups excluding carboxylic acids is 1. The van der Waals surface area contributed by atoms with Crippen LogP contribution in [0.4, 0.5) is 33.5 Å². The molecule has 5 heterocycles. The summed E-state index contributed by atoms with van der Waals surface area (Å²) in [5.74, 6) is -2.39. The molecule has 2 aromatic heterocycles. The molecule has 3 aromatic rings. The van der Waals surface area contributed by atoms with Crippen LogP contribution in [-0.4, -0.2) is 114 Å². The fourth-order valence-electron chi connectivity index (χ4n) is 6.70. The molecule has 1 amide bonds. The molecule has 1 N–H and O–H groups in total. The number of ether oxygens (including phenoxy) is 2. The number of anilines is 2. The van der Waals surface area contributed by atoms with Crippen LogP contribution in [0.15, 0.2) is 24.4 Å². The third kappa shape index (κ3) is 7.32. The van der Waals surface area contributed by atoms with E-state index in [1.165, 1.54) is 30.2 Å². The number of benzene rings is 1. The van der Waals surface area contributed by atoms with Crippen LogP contribution in [0, 0.1) is 6.92 Å². The van der Waals surface area contributed by atoms with Crippen LogP contribution in [0.5, 0.6) is 6.01 Å². The number of amides is 1. The second-order valence-electron chi connectivity index (χ2n) is 12.3. The maximum Gasteiger partial charge on any atom is 0.418 e. The highest BCUT2D eigenvalue weighted by molar-refractivity contribution is 7.59. The van der Waals surface area contributed by atoms with Crippen LogP contribution in [0.1, 0.15) is 28.8 Å². The van der Waals surface area contributed by atoms with E-state index < -0.39 is 23.7 Å².